The predicted octanol–water partition coefficient (Wildman–Crippen LogP) is 4.16. The van der Waals surface area contributed by atoms with E-state index in [2.05, 4.69) is 15.3 Å². The minimum absolute atomic E-state index is 0.221. The highest BCUT2D eigenvalue weighted by Gasteiger charge is 2.27. The summed E-state index contributed by atoms with van der Waals surface area (Å²) < 4.78 is 32.4. The van der Waals surface area contributed by atoms with Crippen LogP contribution in [0.15, 0.2) is 71.9 Å². The maximum Gasteiger partial charge on any atom is 0.262 e. The molecule has 1 N–H and O–H groups in total. The highest BCUT2D eigenvalue weighted by atomic mass is 32.2. The standard InChI is InChI=1S/C24H22N4O4S2/c29-22(27-18-8-10-19(11-9-18)34(30,31)28-12-4-5-13-28)15-32-23-20-14-21(17-6-2-1-3-7-17)33-24(20)26-16-25-23/h1-3,6-11,14,16H,4-5,12-13,15H2,(H,27,29). The van der Waals surface area contributed by atoms with E-state index in [4.69, 9.17) is 4.74 Å². The third-order valence-electron chi connectivity index (χ3n) is 5.53. The zero-order chi connectivity index (χ0) is 23.5. The van der Waals surface area contributed by atoms with Crippen molar-refractivity contribution in [1.82, 2.24) is 14.3 Å². The first-order chi connectivity index (χ1) is 16.5. The number of amides is 1. The SMILES string of the molecule is O=C(COc1ncnc2sc(-c3ccccc3)cc12)Nc1ccc(S(=O)(=O)N2CCCC2)cc1. The van der Waals surface area contributed by atoms with Gasteiger partial charge in [0.05, 0.1) is 10.3 Å². The summed E-state index contributed by atoms with van der Waals surface area (Å²) in [4.78, 5) is 23.0. The molecule has 0 radical (unpaired) electrons. The summed E-state index contributed by atoms with van der Waals surface area (Å²) >= 11 is 1.53. The minimum atomic E-state index is -3.49. The summed E-state index contributed by atoms with van der Waals surface area (Å²) in [7, 11) is -3.49. The van der Waals surface area contributed by atoms with Gasteiger partial charge in [-0.2, -0.15) is 4.31 Å². The van der Waals surface area contributed by atoms with Gasteiger partial charge in [0.1, 0.15) is 11.2 Å². The van der Waals surface area contributed by atoms with E-state index in [1.807, 2.05) is 36.4 Å². The van der Waals surface area contributed by atoms with Crippen LogP contribution in [0.5, 0.6) is 5.88 Å². The lowest BCUT2D eigenvalue weighted by Gasteiger charge is -2.15. The average molecular weight is 495 g/mol. The molecule has 1 amide bonds. The molecule has 3 heterocycles. The van der Waals surface area contributed by atoms with Crippen LogP contribution in [0.4, 0.5) is 5.69 Å². The Kier molecular flexibility index (Phi) is 6.27. The van der Waals surface area contributed by atoms with Gasteiger partial charge in [0.15, 0.2) is 6.61 Å². The number of nitrogens with one attached hydrogen (secondary N) is 1. The van der Waals surface area contributed by atoms with Crippen molar-refractivity contribution in [3.05, 3.63) is 67.0 Å². The van der Waals surface area contributed by atoms with E-state index < -0.39 is 10.0 Å². The molecule has 4 aromatic rings. The zero-order valence-corrected chi connectivity index (χ0v) is 19.8. The Morgan fingerprint density at radius 3 is 2.50 bits per heavy atom. The number of carbonyl (C=O) groups is 1. The normalized spacial score (nSPS) is 14.4. The van der Waals surface area contributed by atoms with Crippen LogP contribution < -0.4 is 10.1 Å². The van der Waals surface area contributed by atoms with Crippen LogP contribution >= 0.6 is 11.3 Å². The van der Waals surface area contributed by atoms with E-state index in [0.29, 0.717) is 24.7 Å². The summed E-state index contributed by atoms with van der Waals surface area (Å²) in [6.07, 6.45) is 3.18. The monoisotopic (exact) mass is 494 g/mol. The summed E-state index contributed by atoms with van der Waals surface area (Å²) in [5, 5.41) is 3.47. The van der Waals surface area contributed by atoms with Crippen molar-refractivity contribution in [2.24, 2.45) is 0 Å². The van der Waals surface area contributed by atoms with Gasteiger partial charge in [0.2, 0.25) is 15.9 Å². The number of hydrogen-bond acceptors (Lipinski definition) is 7. The summed E-state index contributed by atoms with van der Waals surface area (Å²) in [5.41, 5.74) is 1.56. The Balaban J connectivity index is 1.24. The van der Waals surface area contributed by atoms with Gasteiger partial charge in [-0.3, -0.25) is 4.79 Å². The Hall–Kier alpha value is -3.34. The summed E-state index contributed by atoms with van der Waals surface area (Å²) in [5.74, 6) is -0.0361. The van der Waals surface area contributed by atoms with Gasteiger partial charge < -0.3 is 10.1 Å². The van der Waals surface area contributed by atoms with Crippen LogP contribution in [-0.4, -0.2) is 48.3 Å². The molecule has 0 bridgehead atoms. The number of rotatable bonds is 7. The predicted molar refractivity (Wildman–Crippen MR) is 131 cm³/mol. The Labute approximate surface area is 201 Å². The number of benzene rings is 2. The van der Waals surface area contributed by atoms with Gasteiger partial charge >= 0.3 is 0 Å². The second-order valence-corrected chi connectivity index (χ2v) is 10.8. The maximum atomic E-state index is 12.6. The quantitative estimate of drug-likeness (QED) is 0.414. The first-order valence-corrected chi connectivity index (χ1v) is 13.1. The van der Waals surface area contributed by atoms with Crippen molar-refractivity contribution in [2.75, 3.05) is 25.0 Å². The van der Waals surface area contributed by atoms with Crippen molar-refractivity contribution in [2.45, 2.75) is 17.7 Å². The number of hydrogen-bond donors (Lipinski definition) is 1. The number of anilines is 1. The third-order valence-corrected chi connectivity index (χ3v) is 8.54. The van der Waals surface area contributed by atoms with Crippen molar-refractivity contribution >= 4 is 43.2 Å². The van der Waals surface area contributed by atoms with Gasteiger partial charge in [-0.15, -0.1) is 11.3 Å². The lowest BCUT2D eigenvalue weighted by Crippen LogP contribution is -2.27. The number of aromatic nitrogens is 2. The Bertz CT molecular complexity index is 1410. The maximum absolute atomic E-state index is 12.6. The number of sulfonamides is 1. The van der Waals surface area contributed by atoms with Crippen LogP contribution in [0, 0.1) is 0 Å². The van der Waals surface area contributed by atoms with Crippen molar-refractivity contribution < 1.29 is 17.9 Å². The molecule has 1 aliphatic rings. The lowest BCUT2D eigenvalue weighted by atomic mass is 10.2. The Morgan fingerprint density at radius 2 is 1.76 bits per heavy atom. The average Bonchev–Trinajstić information content (AvgIpc) is 3.55. The van der Waals surface area contributed by atoms with Gasteiger partial charge in [-0.1, -0.05) is 30.3 Å². The fraction of sp³-hybridized carbons (Fsp3) is 0.208. The smallest absolute Gasteiger partial charge is 0.262 e. The number of carbonyl (C=O) groups excluding carboxylic acids is 1. The van der Waals surface area contributed by atoms with E-state index in [-0.39, 0.29) is 17.4 Å². The third kappa shape index (κ3) is 4.65. The van der Waals surface area contributed by atoms with E-state index >= 15 is 0 Å². The fourth-order valence-corrected chi connectivity index (χ4v) is 6.32. The molecular formula is C24H22N4O4S2. The van der Waals surface area contributed by atoms with Gasteiger partial charge in [-0.05, 0) is 48.7 Å². The highest BCUT2D eigenvalue weighted by molar-refractivity contribution is 7.89. The molecule has 5 rings (SSSR count). The lowest BCUT2D eigenvalue weighted by molar-refractivity contribution is -0.118. The van der Waals surface area contributed by atoms with Gasteiger partial charge in [0, 0.05) is 23.7 Å². The molecule has 0 spiro atoms. The molecule has 174 valence electrons. The van der Waals surface area contributed by atoms with Crippen LogP contribution in [-0.2, 0) is 14.8 Å². The van der Waals surface area contributed by atoms with E-state index in [9.17, 15) is 13.2 Å². The molecule has 0 aliphatic carbocycles. The minimum Gasteiger partial charge on any atom is -0.467 e. The number of ether oxygens (including phenoxy) is 1. The van der Waals surface area contributed by atoms with Gasteiger partial charge in [0.25, 0.3) is 5.91 Å². The summed E-state index contributed by atoms with van der Waals surface area (Å²) in [6.45, 7) is 0.855. The molecule has 0 saturated carbocycles. The van der Waals surface area contributed by atoms with Gasteiger partial charge in [-0.25, -0.2) is 18.4 Å². The molecule has 1 aliphatic heterocycles. The molecule has 1 saturated heterocycles. The number of fused-ring (bicyclic) bond motifs is 1. The fourth-order valence-electron chi connectivity index (χ4n) is 3.81. The van der Waals surface area contributed by atoms with Crippen LogP contribution in [0.25, 0.3) is 20.7 Å². The second-order valence-electron chi connectivity index (χ2n) is 7.85. The summed E-state index contributed by atoms with van der Waals surface area (Å²) in [6, 6.07) is 18.1. The number of nitrogens with zero attached hydrogens (tertiary/aromatic N) is 3. The largest absolute Gasteiger partial charge is 0.467 e. The number of thiophene rings is 1. The van der Waals surface area contributed by atoms with Crippen molar-refractivity contribution in [3.8, 4) is 16.3 Å². The molecule has 0 atom stereocenters. The molecular weight excluding hydrogens is 472 g/mol. The van der Waals surface area contributed by atoms with Crippen LogP contribution in [0.3, 0.4) is 0 Å². The Morgan fingerprint density at radius 1 is 1.03 bits per heavy atom. The zero-order valence-electron chi connectivity index (χ0n) is 18.2. The van der Waals surface area contributed by atoms with E-state index in [1.165, 1.54) is 34.1 Å². The molecule has 0 unspecified atom stereocenters. The molecule has 2 aromatic heterocycles. The first kappa shape index (κ1) is 22.5. The topological polar surface area (TPSA) is 101 Å². The molecule has 8 nitrogen and oxygen atoms in total. The molecule has 1 fully saturated rings. The van der Waals surface area contributed by atoms with Crippen LogP contribution in [0.2, 0.25) is 0 Å². The highest BCUT2D eigenvalue weighted by Crippen LogP contribution is 2.35. The molecule has 10 heteroatoms. The van der Waals surface area contributed by atoms with Crippen molar-refractivity contribution in [3.63, 3.8) is 0 Å². The van der Waals surface area contributed by atoms with E-state index in [1.54, 1.807) is 12.1 Å². The first-order valence-electron chi connectivity index (χ1n) is 10.8. The van der Waals surface area contributed by atoms with E-state index in [0.717, 1.165) is 33.5 Å². The van der Waals surface area contributed by atoms with Crippen LogP contribution in [0.1, 0.15) is 12.8 Å². The second kappa shape index (κ2) is 9.49. The van der Waals surface area contributed by atoms with Crippen molar-refractivity contribution in [1.29, 1.82) is 0 Å². The molecule has 34 heavy (non-hydrogen) atoms. The molecule has 2 aromatic carbocycles.